The number of benzene rings is 4. The van der Waals surface area contributed by atoms with Crippen molar-refractivity contribution in [1.29, 1.82) is 0 Å². The minimum absolute atomic E-state index is 0.00916. The number of sulfonamides is 1. The van der Waals surface area contributed by atoms with Crippen molar-refractivity contribution in [2.24, 2.45) is 0 Å². The fourth-order valence-electron chi connectivity index (χ4n) is 5.98. The van der Waals surface area contributed by atoms with Crippen LogP contribution in [0.4, 0.5) is 5.69 Å². The van der Waals surface area contributed by atoms with Crippen LogP contribution in [0.15, 0.2) is 108 Å². The number of methoxy groups -OCH3 is 2. The van der Waals surface area contributed by atoms with E-state index >= 15 is 0 Å². The largest absolute Gasteiger partial charge is 0.497 e. The molecule has 48 heavy (non-hydrogen) atoms. The Morgan fingerprint density at radius 3 is 2.17 bits per heavy atom. The van der Waals surface area contributed by atoms with Crippen LogP contribution in [0.5, 0.6) is 11.5 Å². The van der Waals surface area contributed by atoms with E-state index in [2.05, 4.69) is 5.32 Å². The lowest BCUT2D eigenvalue weighted by Crippen LogP contribution is -2.54. The van der Waals surface area contributed by atoms with Crippen LogP contribution in [0.2, 0.25) is 5.02 Å². The highest BCUT2D eigenvalue weighted by Gasteiger charge is 2.36. The van der Waals surface area contributed by atoms with Gasteiger partial charge in [0.25, 0.3) is 10.0 Å². The molecular formula is C37H40ClN3O6S. The van der Waals surface area contributed by atoms with E-state index in [1.54, 1.807) is 48.5 Å². The van der Waals surface area contributed by atoms with Gasteiger partial charge in [0.05, 0.1) is 24.8 Å². The van der Waals surface area contributed by atoms with Gasteiger partial charge in [-0.05, 0) is 60.4 Å². The van der Waals surface area contributed by atoms with E-state index < -0.39 is 28.5 Å². The Kier molecular flexibility index (Phi) is 11.6. The van der Waals surface area contributed by atoms with Gasteiger partial charge in [-0.2, -0.15) is 0 Å². The first-order valence-electron chi connectivity index (χ1n) is 15.9. The third-order valence-electron chi connectivity index (χ3n) is 8.48. The Balaban J connectivity index is 1.61. The molecule has 1 aliphatic carbocycles. The fourth-order valence-corrected chi connectivity index (χ4v) is 7.63. The molecule has 5 rings (SSSR count). The lowest BCUT2D eigenvalue weighted by molar-refractivity contribution is -0.140. The van der Waals surface area contributed by atoms with Gasteiger partial charge in [0.15, 0.2) is 0 Å². The van der Waals surface area contributed by atoms with E-state index in [1.807, 2.05) is 36.4 Å². The number of ether oxygens (including phenoxy) is 2. The summed E-state index contributed by atoms with van der Waals surface area (Å²) in [6, 6.07) is 28.2. The summed E-state index contributed by atoms with van der Waals surface area (Å²) < 4.78 is 40.7. The number of hydrogen-bond donors (Lipinski definition) is 1. The van der Waals surface area contributed by atoms with Gasteiger partial charge in [0.2, 0.25) is 11.8 Å². The average Bonchev–Trinajstić information content (AvgIpc) is 3.62. The van der Waals surface area contributed by atoms with Crippen LogP contribution in [0.3, 0.4) is 0 Å². The summed E-state index contributed by atoms with van der Waals surface area (Å²) in [6.07, 6.45) is 4.00. The molecule has 0 saturated heterocycles. The molecule has 1 saturated carbocycles. The van der Waals surface area contributed by atoms with Gasteiger partial charge in [-0.25, -0.2) is 8.42 Å². The topological polar surface area (TPSA) is 105 Å². The zero-order valence-corrected chi connectivity index (χ0v) is 28.6. The normalized spacial score (nSPS) is 13.8. The standard InChI is InChI=1S/C37H40ClN3O6S/c1-46-31-20-21-35(47-2)33(24-31)41(48(44,45)32-18-7-4-8-19-32)26-36(42)40(25-28-14-11-15-29(38)22-28)34(23-27-12-5-3-6-13-27)37(43)39-30-16-9-10-17-30/h3-8,11-15,18-22,24,30,34H,9-10,16-17,23,25-26H2,1-2H3,(H,39,43)/t34-/m0/s1. The molecule has 4 aromatic rings. The predicted octanol–water partition coefficient (Wildman–Crippen LogP) is 6.25. The molecule has 1 aliphatic rings. The van der Waals surface area contributed by atoms with E-state index in [-0.39, 0.29) is 41.2 Å². The van der Waals surface area contributed by atoms with Crippen LogP contribution in [-0.2, 0) is 32.6 Å². The van der Waals surface area contributed by atoms with Crippen LogP contribution >= 0.6 is 11.6 Å². The maximum Gasteiger partial charge on any atom is 0.264 e. The molecule has 0 unspecified atom stereocenters. The van der Waals surface area contributed by atoms with Crippen LogP contribution in [0.25, 0.3) is 0 Å². The second-order valence-electron chi connectivity index (χ2n) is 11.7. The third-order valence-corrected chi connectivity index (χ3v) is 10.5. The molecule has 0 bridgehead atoms. The molecule has 1 N–H and O–H groups in total. The number of rotatable bonds is 14. The predicted molar refractivity (Wildman–Crippen MR) is 187 cm³/mol. The number of amides is 2. The summed E-state index contributed by atoms with van der Waals surface area (Å²) in [6.45, 7) is -0.604. The van der Waals surface area contributed by atoms with Crippen LogP contribution in [0.1, 0.15) is 36.8 Å². The van der Waals surface area contributed by atoms with Crippen molar-refractivity contribution in [3.05, 3.63) is 119 Å². The van der Waals surface area contributed by atoms with Gasteiger partial charge in [0.1, 0.15) is 24.1 Å². The van der Waals surface area contributed by atoms with Crippen LogP contribution in [-0.4, -0.2) is 58.0 Å². The molecule has 4 aromatic carbocycles. The molecule has 0 spiro atoms. The highest BCUT2D eigenvalue weighted by Crippen LogP contribution is 2.36. The molecule has 0 heterocycles. The number of halogens is 1. The Hall–Kier alpha value is -4.54. The molecular weight excluding hydrogens is 650 g/mol. The molecule has 9 nitrogen and oxygen atoms in total. The van der Waals surface area contributed by atoms with Crippen molar-refractivity contribution in [3.8, 4) is 11.5 Å². The average molecular weight is 690 g/mol. The minimum atomic E-state index is -4.31. The monoisotopic (exact) mass is 689 g/mol. The number of carbonyl (C=O) groups excluding carboxylic acids is 2. The number of carbonyl (C=O) groups is 2. The smallest absolute Gasteiger partial charge is 0.264 e. The molecule has 2 amide bonds. The summed E-state index contributed by atoms with van der Waals surface area (Å²) in [5.41, 5.74) is 1.67. The Morgan fingerprint density at radius 1 is 0.854 bits per heavy atom. The molecule has 11 heteroatoms. The van der Waals surface area contributed by atoms with E-state index in [4.69, 9.17) is 21.1 Å². The quantitative estimate of drug-likeness (QED) is 0.168. The van der Waals surface area contributed by atoms with Gasteiger partial charge < -0.3 is 19.7 Å². The summed E-state index contributed by atoms with van der Waals surface area (Å²) in [4.78, 5) is 30.4. The summed E-state index contributed by atoms with van der Waals surface area (Å²) in [5.74, 6) is -0.274. The maximum absolute atomic E-state index is 14.8. The van der Waals surface area contributed by atoms with Crippen molar-refractivity contribution in [2.75, 3.05) is 25.1 Å². The van der Waals surface area contributed by atoms with E-state index in [9.17, 15) is 18.0 Å². The number of nitrogens with one attached hydrogen (secondary N) is 1. The minimum Gasteiger partial charge on any atom is -0.497 e. The molecule has 0 aromatic heterocycles. The first-order chi connectivity index (χ1) is 23.2. The van der Waals surface area contributed by atoms with Gasteiger partial charge in [-0.15, -0.1) is 0 Å². The van der Waals surface area contributed by atoms with Crippen molar-refractivity contribution in [1.82, 2.24) is 10.2 Å². The van der Waals surface area contributed by atoms with E-state index in [1.165, 1.54) is 37.3 Å². The molecule has 0 radical (unpaired) electrons. The molecule has 1 atom stereocenters. The van der Waals surface area contributed by atoms with Crippen LogP contribution in [0, 0.1) is 0 Å². The zero-order valence-electron chi connectivity index (χ0n) is 27.0. The number of nitrogens with zero attached hydrogens (tertiary/aromatic N) is 2. The summed E-state index contributed by atoms with van der Waals surface area (Å²) in [5, 5.41) is 3.66. The second-order valence-corrected chi connectivity index (χ2v) is 14.0. The van der Waals surface area contributed by atoms with E-state index in [0.717, 1.165) is 35.6 Å². The molecule has 0 aliphatic heterocycles. The highest BCUT2D eigenvalue weighted by atomic mass is 35.5. The number of hydrogen-bond acceptors (Lipinski definition) is 6. The third kappa shape index (κ3) is 8.48. The lowest BCUT2D eigenvalue weighted by atomic mass is 10.0. The zero-order chi connectivity index (χ0) is 34.1. The van der Waals surface area contributed by atoms with Crippen molar-refractivity contribution in [2.45, 2.75) is 55.6 Å². The Morgan fingerprint density at radius 2 is 1.52 bits per heavy atom. The van der Waals surface area contributed by atoms with Crippen molar-refractivity contribution < 1.29 is 27.5 Å². The van der Waals surface area contributed by atoms with Crippen molar-refractivity contribution in [3.63, 3.8) is 0 Å². The second kappa shape index (κ2) is 16.0. The number of anilines is 1. The summed E-state index contributed by atoms with van der Waals surface area (Å²) in [7, 11) is -1.42. The van der Waals surface area contributed by atoms with Crippen LogP contribution < -0.4 is 19.1 Å². The van der Waals surface area contributed by atoms with Gasteiger partial charge in [-0.1, -0.05) is 85.1 Å². The maximum atomic E-state index is 14.8. The van der Waals surface area contributed by atoms with Crippen molar-refractivity contribution >= 4 is 39.1 Å². The first kappa shape index (κ1) is 34.8. The Labute approximate surface area is 287 Å². The summed E-state index contributed by atoms with van der Waals surface area (Å²) >= 11 is 6.35. The molecule has 1 fully saturated rings. The first-order valence-corrected chi connectivity index (χ1v) is 17.7. The van der Waals surface area contributed by atoms with Gasteiger partial charge in [0, 0.05) is 30.1 Å². The lowest BCUT2D eigenvalue weighted by Gasteiger charge is -2.34. The van der Waals surface area contributed by atoms with E-state index in [0.29, 0.717) is 16.3 Å². The van der Waals surface area contributed by atoms with Gasteiger partial charge in [-0.3, -0.25) is 13.9 Å². The fraction of sp³-hybridized carbons (Fsp3) is 0.297. The molecule has 252 valence electrons. The van der Waals surface area contributed by atoms with Gasteiger partial charge >= 0.3 is 0 Å². The highest BCUT2D eigenvalue weighted by molar-refractivity contribution is 7.92. The SMILES string of the molecule is COc1ccc(OC)c(N(CC(=O)N(Cc2cccc(Cl)c2)[C@@H](Cc2ccccc2)C(=O)NC2CCCC2)S(=O)(=O)c2ccccc2)c1. The Bertz CT molecular complexity index is 1800.